The van der Waals surface area contributed by atoms with Gasteiger partial charge in [0.25, 0.3) is 11.5 Å². The van der Waals surface area contributed by atoms with Gasteiger partial charge >= 0.3 is 0 Å². The molecule has 1 amide bonds. The second-order valence-corrected chi connectivity index (χ2v) is 9.29. The van der Waals surface area contributed by atoms with Crippen molar-refractivity contribution in [1.29, 1.82) is 0 Å². The Morgan fingerprint density at radius 1 is 0.946 bits per heavy atom. The van der Waals surface area contributed by atoms with Crippen LogP contribution in [0.4, 0.5) is 10.1 Å². The zero-order chi connectivity index (χ0) is 25.7. The van der Waals surface area contributed by atoms with Gasteiger partial charge in [-0.15, -0.1) is 5.10 Å². The smallest absolute Gasteiger partial charge is 0.291 e. The van der Waals surface area contributed by atoms with Crippen molar-refractivity contribution >= 4 is 33.5 Å². The topological polar surface area (TPSA) is 86.0 Å². The average molecular weight is 515 g/mol. The first kappa shape index (κ1) is 22.9. The number of aromatic nitrogens is 3. The molecule has 6 rings (SSSR count). The van der Waals surface area contributed by atoms with Gasteiger partial charge in [0, 0.05) is 16.7 Å². The number of thiazole rings is 1. The second kappa shape index (κ2) is 8.82. The molecule has 0 saturated heterocycles. The van der Waals surface area contributed by atoms with E-state index in [9.17, 15) is 14.0 Å². The molecule has 0 atom stereocenters. The first-order valence-electron chi connectivity index (χ1n) is 11.3. The Morgan fingerprint density at radius 3 is 2.46 bits per heavy atom. The standard InChI is InChI=1S/C27H19FN4O4S/c1-35-20-12-11-15(13-21(20)36-2)24-29-27-32(30-24)26(34)23(37-27)22-17-8-4-6-10-19(17)31(25(22)33)14-16-7-3-5-9-18(16)28/h3-13H,14H2,1-2H3. The fourth-order valence-corrected chi connectivity index (χ4v) is 5.43. The number of carbonyl (C=O) groups is 1. The van der Waals surface area contributed by atoms with Crippen LogP contribution in [0.15, 0.2) is 71.5 Å². The Kier molecular flexibility index (Phi) is 5.45. The van der Waals surface area contributed by atoms with Gasteiger partial charge in [-0.1, -0.05) is 47.7 Å². The van der Waals surface area contributed by atoms with Crippen LogP contribution in [-0.2, 0) is 11.3 Å². The minimum absolute atomic E-state index is 0.0461. The number of benzene rings is 3. The van der Waals surface area contributed by atoms with Gasteiger partial charge < -0.3 is 14.4 Å². The molecule has 0 N–H and O–H groups in total. The lowest BCUT2D eigenvalue weighted by molar-refractivity contribution is -0.113. The molecule has 1 aliphatic rings. The molecule has 2 aromatic heterocycles. The number of hydrogen-bond acceptors (Lipinski definition) is 7. The van der Waals surface area contributed by atoms with Gasteiger partial charge in [-0.25, -0.2) is 4.39 Å². The number of hydrogen-bond donors (Lipinski definition) is 0. The number of amides is 1. The molecule has 0 saturated carbocycles. The molecule has 3 heterocycles. The maximum absolute atomic E-state index is 14.4. The third-order valence-corrected chi connectivity index (χ3v) is 7.27. The zero-order valence-corrected chi connectivity index (χ0v) is 20.6. The Bertz CT molecular complexity index is 1810. The van der Waals surface area contributed by atoms with Crippen molar-refractivity contribution in [3.63, 3.8) is 0 Å². The summed E-state index contributed by atoms with van der Waals surface area (Å²) in [6.45, 7) is 0.0461. The van der Waals surface area contributed by atoms with E-state index in [4.69, 9.17) is 9.47 Å². The maximum atomic E-state index is 14.4. The van der Waals surface area contributed by atoms with Crippen molar-refractivity contribution in [2.75, 3.05) is 19.1 Å². The molecule has 0 spiro atoms. The molecule has 10 heteroatoms. The van der Waals surface area contributed by atoms with Crippen molar-refractivity contribution < 1.29 is 18.7 Å². The van der Waals surface area contributed by atoms with E-state index in [1.807, 2.05) is 0 Å². The monoisotopic (exact) mass is 514 g/mol. The van der Waals surface area contributed by atoms with E-state index in [2.05, 4.69) is 10.1 Å². The number of fused-ring (bicyclic) bond motifs is 2. The quantitative estimate of drug-likeness (QED) is 0.357. The number of ether oxygens (including phenoxy) is 2. The third-order valence-electron chi connectivity index (χ3n) is 6.24. The Labute approximate surface area is 213 Å². The summed E-state index contributed by atoms with van der Waals surface area (Å²) < 4.78 is 26.4. The number of anilines is 1. The van der Waals surface area contributed by atoms with Crippen molar-refractivity contribution in [2.24, 2.45) is 0 Å². The lowest BCUT2D eigenvalue weighted by Gasteiger charge is -2.17. The van der Waals surface area contributed by atoms with E-state index in [1.165, 1.54) is 22.6 Å². The van der Waals surface area contributed by atoms with E-state index < -0.39 is 11.4 Å². The minimum Gasteiger partial charge on any atom is -0.493 e. The predicted molar refractivity (Wildman–Crippen MR) is 137 cm³/mol. The van der Waals surface area contributed by atoms with Crippen LogP contribution < -0.4 is 24.5 Å². The Hall–Kier alpha value is -4.57. The molecule has 184 valence electrons. The largest absolute Gasteiger partial charge is 0.493 e. The lowest BCUT2D eigenvalue weighted by Crippen LogP contribution is -2.32. The molecule has 3 aromatic carbocycles. The van der Waals surface area contributed by atoms with E-state index in [-0.39, 0.29) is 22.6 Å². The van der Waals surface area contributed by atoms with Crippen molar-refractivity contribution in [3.8, 4) is 22.9 Å². The number of para-hydroxylation sites is 1. The van der Waals surface area contributed by atoms with E-state index >= 15 is 0 Å². The number of methoxy groups -OCH3 is 2. The molecule has 1 aliphatic heterocycles. The summed E-state index contributed by atoms with van der Waals surface area (Å²) in [6, 6.07) is 18.8. The van der Waals surface area contributed by atoms with Crippen LogP contribution in [0.25, 0.3) is 21.9 Å². The van der Waals surface area contributed by atoms with E-state index in [0.29, 0.717) is 44.7 Å². The lowest BCUT2D eigenvalue weighted by atomic mass is 10.1. The third kappa shape index (κ3) is 3.64. The van der Waals surface area contributed by atoms with E-state index in [1.54, 1.807) is 67.8 Å². The average Bonchev–Trinajstić information content (AvgIpc) is 3.55. The SMILES string of the molecule is COc1ccc(-c2nc3sc(=C4C(=O)N(Cc5ccccc5F)c5ccccc54)c(=O)n3n2)cc1OC. The number of rotatable bonds is 5. The molecular formula is C27H19FN4O4S. The fraction of sp³-hybridized carbons (Fsp3) is 0.111. The minimum atomic E-state index is -0.440. The zero-order valence-electron chi connectivity index (χ0n) is 19.8. The molecule has 5 aromatic rings. The first-order valence-corrected chi connectivity index (χ1v) is 12.1. The summed E-state index contributed by atoms with van der Waals surface area (Å²) in [7, 11) is 3.08. The van der Waals surface area contributed by atoms with Gasteiger partial charge in [0.1, 0.15) is 10.3 Å². The first-order chi connectivity index (χ1) is 18.0. The molecule has 0 bridgehead atoms. The molecule has 0 fully saturated rings. The van der Waals surface area contributed by atoms with Crippen LogP contribution in [0.1, 0.15) is 11.1 Å². The number of carbonyl (C=O) groups excluding carboxylic acids is 1. The van der Waals surface area contributed by atoms with Gasteiger partial charge in [0.15, 0.2) is 17.3 Å². The van der Waals surface area contributed by atoms with Crippen LogP contribution in [-0.4, -0.2) is 34.7 Å². The predicted octanol–water partition coefficient (Wildman–Crippen LogP) is 3.44. The highest BCUT2D eigenvalue weighted by Crippen LogP contribution is 2.36. The van der Waals surface area contributed by atoms with Crippen LogP contribution in [0.3, 0.4) is 0 Å². The van der Waals surface area contributed by atoms with Crippen LogP contribution in [0.2, 0.25) is 0 Å². The normalized spacial score (nSPS) is 14.4. The summed E-state index contributed by atoms with van der Waals surface area (Å²) in [5.74, 6) is 0.659. The van der Waals surface area contributed by atoms with Crippen molar-refractivity contribution in [3.05, 3.63) is 98.6 Å². The molecule has 37 heavy (non-hydrogen) atoms. The van der Waals surface area contributed by atoms with Crippen LogP contribution >= 0.6 is 11.3 Å². The highest BCUT2D eigenvalue weighted by Gasteiger charge is 2.34. The van der Waals surface area contributed by atoms with Gasteiger partial charge in [0.05, 0.1) is 32.0 Å². The Balaban J connectivity index is 1.47. The molecule has 0 unspecified atom stereocenters. The van der Waals surface area contributed by atoms with Crippen molar-refractivity contribution in [1.82, 2.24) is 14.6 Å². The highest BCUT2D eigenvalue weighted by atomic mass is 32.1. The number of halogens is 1. The van der Waals surface area contributed by atoms with Gasteiger partial charge in [0.2, 0.25) is 4.96 Å². The summed E-state index contributed by atoms with van der Waals surface area (Å²) in [4.78, 5) is 33.4. The summed E-state index contributed by atoms with van der Waals surface area (Å²) in [6.07, 6.45) is 0. The summed E-state index contributed by atoms with van der Waals surface area (Å²) in [5, 5.41) is 4.40. The Morgan fingerprint density at radius 2 is 1.70 bits per heavy atom. The summed E-state index contributed by atoms with van der Waals surface area (Å²) in [5.41, 5.74) is 2.10. The maximum Gasteiger partial charge on any atom is 0.291 e. The summed E-state index contributed by atoms with van der Waals surface area (Å²) >= 11 is 1.10. The molecular weight excluding hydrogens is 495 g/mol. The van der Waals surface area contributed by atoms with Gasteiger partial charge in [-0.3, -0.25) is 9.59 Å². The van der Waals surface area contributed by atoms with Crippen LogP contribution in [0, 0.1) is 5.82 Å². The van der Waals surface area contributed by atoms with Gasteiger partial charge in [-0.2, -0.15) is 9.50 Å². The molecule has 8 nitrogen and oxygen atoms in total. The highest BCUT2D eigenvalue weighted by molar-refractivity contribution is 7.15. The van der Waals surface area contributed by atoms with Gasteiger partial charge in [-0.05, 0) is 30.3 Å². The van der Waals surface area contributed by atoms with E-state index in [0.717, 1.165) is 11.3 Å². The van der Waals surface area contributed by atoms with Crippen LogP contribution in [0.5, 0.6) is 11.5 Å². The second-order valence-electron chi connectivity index (χ2n) is 8.31. The molecule has 0 aliphatic carbocycles. The number of nitrogens with zero attached hydrogens (tertiary/aromatic N) is 4. The fourth-order valence-electron chi connectivity index (χ4n) is 4.44. The van der Waals surface area contributed by atoms with Crippen molar-refractivity contribution in [2.45, 2.75) is 6.54 Å². The molecule has 0 radical (unpaired) electrons.